The van der Waals surface area contributed by atoms with E-state index in [1.54, 1.807) is 0 Å². The van der Waals surface area contributed by atoms with Gasteiger partial charge in [0.25, 0.3) is 0 Å². The first kappa shape index (κ1) is 13.6. The average molecular weight is 300 g/mol. The Kier molecular flexibility index (Phi) is 3.88. The average Bonchev–Trinajstić information content (AvgIpc) is 2.94. The highest BCUT2D eigenvalue weighted by Gasteiger charge is 2.10. The first-order valence-electron chi connectivity index (χ1n) is 6.60. The summed E-state index contributed by atoms with van der Waals surface area (Å²) in [5, 5.41) is 7.91. The fraction of sp³-hybridized carbons (Fsp3) is 0.125. The molecule has 3 aromatic rings. The molecule has 0 bridgehead atoms. The number of benzene rings is 2. The Labute approximate surface area is 127 Å². The highest BCUT2D eigenvalue weighted by atomic mass is 35.5. The molecule has 0 spiro atoms. The molecular weight excluding hydrogens is 286 g/mol. The van der Waals surface area contributed by atoms with Crippen molar-refractivity contribution in [1.82, 2.24) is 10.1 Å². The number of aromatic nitrogens is 2. The van der Waals surface area contributed by atoms with Crippen LogP contribution in [0.5, 0.6) is 0 Å². The van der Waals surface area contributed by atoms with Crippen LogP contribution in [0.2, 0.25) is 5.02 Å². The van der Waals surface area contributed by atoms with Crippen molar-refractivity contribution in [3.05, 3.63) is 65.0 Å². The summed E-state index contributed by atoms with van der Waals surface area (Å²) in [6.45, 7) is 2.48. The molecule has 1 aromatic heterocycles. The van der Waals surface area contributed by atoms with Crippen LogP contribution in [0.4, 0.5) is 5.69 Å². The lowest BCUT2D eigenvalue weighted by molar-refractivity contribution is 0.384. The third-order valence-corrected chi connectivity index (χ3v) is 3.36. The molecule has 1 N–H and O–H groups in total. The van der Waals surface area contributed by atoms with Crippen molar-refractivity contribution in [1.29, 1.82) is 0 Å². The lowest BCUT2D eigenvalue weighted by Gasteiger charge is -2.02. The van der Waals surface area contributed by atoms with E-state index in [0.717, 1.165) is 16.8 Å². The number of nitrogens with zero attached hydrogens (tertiary/aromatic N) is 2. The molecule has 0 saturated heterocycles. The second-order valence-corrected chi connectivity index (χ2v) is 5.13. The second-order valence-electron chi connectivity index (χ2n) is 4.69. The van der Waals surface area contributed by atoms with E-state index in [2.05, 4.69) is 15.5 Å². The Bertz CT molecular complexity index is 755. The summed E-state index contributed by atoms with van der Waals surface area (Å²) in [4.78, 5) is 4.41. The van der Waals surface area contributed by atoms with Crippen molar-refractivity contribution in [3.63, 3.8) is 0 Å². The van der Waals surface area contributed by atoms with Crippen LogP contribution in [0.1, 0.15) is 11.5 Å². The van der Waals surface area contributed by atoms with E-state index >= 15 is 0 Å². The summed E-state index contributed by atoms with van der Waals surface area (Å²) in [6, 6.07) is 15.4. The van der Waals surface area contributed by atoms with E-state index in [9.17, 15) is 0 Å². The molecule has 0 aliphatic heterocycles. The zero-order chi connectivity index (χ0) is 14.7. The van der Waals surface area contributed by atoms with Gasteiger partial charge < -0.3 is 9.84 Å². The maximum atomic E-state index is 5.94. The smallest absolute Gasteiger partial charge is 0.246 e. The Morgan fingerprint density at radius 2 is 2.00 bits per heavy atom. The molecule has 106 valence electrons. The number of anilines is 1. The van der Waals surface area contributed by atoms with Crippen molar-refractivity contribution in [2.75, 3.05) is 5.32 Å². The maximum absolute atomic E-state index is 5.94. The van der Waals surface area contributed by atoms with E-state index in [1.165, 1.54) is 0 Å². The monoisotopic (exact) mass is 299 g/mol. The van der Waals surface area contributed by atoms with E-state index in [1.807, 2.05) is 55.5 Å². The molecule has 0 saturated carbocycles. The Morgan fingerprint density at radius 1 is 1.14 bits per heavy atom. The van der Waals surface area contributed by atoms with Crippen molar-refractivity contribution < 1.29 is 4.52 Å². The van der Waals surface area contributed by atoms with Crippen LogP contribution in [0.3, 0.4) is 0 Å². The quantitative estimate of drug-likeness (QED) is 0.780. The van der Waals surface area contributed by atoms with Gasteiger partial charge in [-0.2, -0.15) is 4.98 Å². The topological polar surface area (TPSA) is 51.0 Å². The van der Waals surface area contributed by atoms with Gasteiger partial charge in [0.15, 0.2) is 0 Å². The summed E-state index contributed by atoms with van der Waals surface area (Å²) in [6.07, 6.45) is 0. The third kappa shape index (κ3) is 3.23. The number of hydrogen-bond donors (Lipinski definition) is 1. The van der Waals surface area contributed by atoms with E-state index < -0.39 is 0 Å². The van der Waals surface area contributed by atoms with Gasteiger partial charge in [0, 0.05) is 16.3 Å². The van der Waals surface area contributed by atoms with Crippen LogP contribution in [-0.2, 0) is 6.54 Å². The van der Waals surface area contributed by atoms with Crippen molar-refractivity contribution in [2.45, 2.75) is 13.5 Å². The highest BCUT2D eigenvalue weighted by Crippen LogP contribution is 2.20. The standard InChI is InChI=1S/C16H14ClN3O/c1-11-5-2-3-8-14(11)16-19-15(21-20-16)10-18-13-7-4-6-12(17)9-13/h2-9,18H,10H2,1H3. The Balaban J connectivity index is 1.72. The molecule has 2 aromatic carbocycles. The molecule has 0 amide bonds. The van der Waals surface area contributed by atoms with Gasteiger partial charge in [0.1, 0.15) is 0 Å². The summed E-state index contributed by atoms with van der Waals surface area (Å²) in [5.74, 6) is 1.14. The highest BCUT2D eigenvalue weighted by molar-refractivity contribution is 6.30. The van der Waals surface area contributed by atoms with Gasteiger partial charge in [0.05, 0.1) is 6.54 Å². The van der Waals surface area contributed by atoms with Crippen molar-refractivity contribution in [3.8, 4) is 11.4 Å². The zero-order valence-electron chi connectivity index (χ0n) is 11.5. The zero-order valence-corrected chi connectivity index (χ0v) is 12.3. The fourth-order valence-corrected chi connectivity index (χ4v) is 2.23. The molecule has 1 heterocycles. The minimum Gasteiger partial charge on any atom is -0.376 e. The fourth-order valence-electron chi connectivity index (χ4n) is 2.04. The Morgan fingerprint density at radius 3 is 2.81 bits per heavy atom. The second kappa shape index (κ2) is 5.97. The normalized spacial score (nSPS) is 10.6. The van der Waals surface area contributed by atoms with Gasteiger partial charge in [-0.15, -0.1) is 0 Å². The summed E-state index contributed by atoms with van der Waals surface area (Å²) in [5.41, 5.74) is 3.01. The first-order chi connectivity index (χ1) is 10.2. The summed E-state index contributed by atoms with van der Waals surface area (Å²) < 4.78 is 5.27. The minimum absolute atomic E-state index is 0.458. The molecule has 0 aliphatic rings. The molecule has 0 atom stereocenters. The third-order valence-electron chi connectivity index (χ3n) is 3.12. The van der Waals surface area contributed by atoms with Gasteiger partial charge in [-0.05, 0) is 30.7 Å². The summed E-state index contributed by atoms with van der Waals surface area (Å²) in [7, 11) is 0. The molecule has 0 fully saturated rings. The number of aryl methyl sites for hydroxylation is 1. The number of rotatable bonds is 4. The molecule has 0 aliphatic carbocycles. The van der Waals surface area contributed by atoms with Crippen LogP contribution >= 0.6 is 11.6 Å². The molecule has 0 radical (unpaired) electrons. The number of halogens is 1. The van der Waals surface area contributed by atoms with Crippen LogP contribution < -0.4 is 5.32 Å². The van der Waals surface area contributed by atoms with E-state index in [0.29, 0.717) is 23.3 Å². The van der Waals surface area contributed by atoms with E-state index in [-0.39, 0.29) is 0 Å². The molecular formula is C16H14ClN3O. The molecule has 3 rings (SSSR count). The summed E-state index contributed by atoms with van der Waals surface area (Å²) >= 11 is 5.94. The van der Waals surface area contributed by atoms with Gasteiger partial charge in [-0.1, -0.05) is 47.1 Å². The predicted octanol–water partition coefficient (Wildman–Crippen LogP) is 4.31. The van der Waals surface area contributed by atoms with Crippen LogP contribution in [0, 0.1) is 6.92 Å². The minimum atomic E-state index is 0.458. The van der Waals surface area contributed by atoms with E-state index in [4.69, 9.17) is 16.1 Å². The SMILES string of the molecule is Cc1ccccc1-c1noc(CNc2cccc(Cl)c2)n1. The van der Waals surface area contributed by atoms with Crippen molar-refractivity contribution >= 4 is 17.3 Å². The number of hydrogen-bond acceptors (Lipinski definition) is 4. The molecule has 0 unspecified atom stereocenters. The van der Waals surface area contributed by atoms with Gasteiger partial charge in [0.2, 0.25) is 11.7 Å². The first-order valence-corrected chi connectivity index (χ1v) is 6.98. The maximum Gasteiger partial charge on any atom is 0.246 e. The van der Waals surface area contributed by atoms with Crippen LogP contribution in [0.25, 0.3) is 11.4 Å². The largest absolute Gasteiger partial charge is 0.376 e. The molecule has 4 nitrogen and oxygen atoms in total. The number of nitrogens with one attached hydrogen (secondary N) is 1. The van der Waals surface area contributed by atoms with Gasteiger partial charge in [-0.3, -0.25) is 0 Å². The van der Waals surface area contributed by atoms with Crippen LogP contribution in [-0.4, -0.2) is 10.1 Å². The predicted molar refractivity (Wildman–Crippen MR) is 83.2 cm³/mol. The lowest BCUT2D eigenvalue weighted by Crippen LogP contribution is -1.99. The molecule has 5 heteroatoms. The van der Waals surface area contributed by atoms with Gasteiger partial charge in [-0.25, -0.2) is 0 Å². The van der Waals surface area contributed by atoms with Crippen molar-refractivity contribution in [2.24, 2.45) is 0 Å². The van der Waals surface area contributed by atoms with Crippen LogP contribution in [0.15, 0.2) is 53.1 Å². The Hall–Kier alpha value is -2.33. The van der Waals surface area contributed by atoms with Gasteiger partial charge >= 0.3 is 0 Å². The lowest BCUT2D eigenvalue weighted by atomic mass is 10.1. The molecule has 21 heavy (non-hydrogen) atoms.